The summed E-state index contributed by atoms with van der Waals surface area (Å²) in [6.45, 7) is 1.58. The molecular weight excluding hydrogens is 495 g/mol. The van der Waals surface area contributed by atoms with Gasteiger partial charge in [-0.1, -0.05) is 24.3 Å². The van der Waals surface area contributed by atoms with Crippen LogP contribution in [0.15, 0.2) is 41.4 Å². The number of methoxy groups -OCH3 is 1. The number of likely N-dealkylation sites (tertiary alicyclic amines) is 1. The molecule has 2 N–H and O–H groups in total. The number of nitrogens with one attached hydrogen (secondary N) is 2. The average Bonchev–Trinajstić information content (AvgIpc) is 3.42. The quantitative estimate of drug-likeness (QED) is 0.187. The van der Waals surface area contributed by atoms with Crippen molar-refractivity contribution in [3.8, 4) is 5.75 Å². The average molecular weight is 524 g/mol. The molecule has 0 radical (unpaired) electrons. The smallest absolute Gasteiger partial charge is 0.233 e. The number of ether oxygens (including phenoxy) is 1. The first-order valence-corrected chi connectivity index (χ1v) is 10.2. The van der Waals surface area contributed by atoms with Gasteiger partial charge in [0.15, 0.2) is 5.96 Å². The van der Waals surface area contributed by atoms with Crippen LogP contribution in [-0.4, -0.2) is 56.5 Å². The number of amides is 2. The lowest BCUT2D eigenvalue weighted by molar-refractivity contribution is -0.140. The molecule has 1 aromatic carbocycles. The van der Waals surface area contributed by atoms with E-state index in [0.29, 0.717) is 25.6 Å². The highest BCUT2D eigenvalue weighted by Crippen LogP contribution is 2.52. The zero-order chi connectivity index (χ0) is 20.4. The summed E-state index contributed by atoms with van der Waals surface area (Å²) in [4.78, 5) is 31.1. The molecule has 30 heavy (non-hydrogen) atoms. The fourth-order valence-electron chi connectivity index (χ4n) is 4.84. The van der Waals surface area contributed by atoms with Gasteiger partial charge in [0, 0.05) is 26.7 Å². The zero-order valence-corrected chi connectivity index (χ0v) is 19.7. The van der Waals surface area contributed by atoms with Gasteiger partial charge in [-0.05, 0) is 42.4 Å². The van der Waals surface area contributed by atoms with Crippen LogP contribution in [0.2, 0.25) is 0 Å². The Labute approximate surface area is 194 Å². The summed E-state index contributed by atoms with van der Waals surface area (Å²) in [6.07, 6.45) is 6.03. The van der Waals surface area contributed by atoms with Crippen LogP contribution in [0.25, 0.3) is 0 Å². The Balaban J connectivity index is 0.00000256. The third kappa shape index (κ3) is 4.33. The first-order valence-electron chi connectivity index (χ1n) is 10.2. The van der Waals surface area contributed by atoms with Crippen molar-refractivity contribution in [2.75, 3.05) is 33.8 Å². The standard InChI is InChI=1S/C22H28N4O3.HI/c1-23-22(24-9-8-14-4-3-5-17(12-14)29-2)25-10-11-26-20(27)18-15-6-7-16(13-15)19(18)21(26)28;/h3-7,12,15-16,18-19H,8-11,13H2,1-2H3,(H2,23,24,25);1H. The molecule has 162 valence electrons. The number of guanidine groups is 1. The molecule has 4 unspecified atom stereocenters. The normalized spacial score (nSPS) is 26.6. The van der Waals surface area contributed by atoms with Crippen LogP contribution in [-0.2, 0) is 16.0 Å². The Morgan fingerprint density at radius 3 is 2.43 bits per heavy atom. The molecule has 1 saturated heterocycles. The molecule has 2 bridgehead atoms. The molecule has 2 fully saturated rings. The van der Waals surface area contributed by atoms with Gasteiger partial charge >= 0.3 is 0 Å². The molecule has 7 nitrogen and oxygen atoms in total. The van der Waals surface area contributed by atoms with Crippen LogP contribution in [0.4, 0.5) is 0 Å². The second kappa shape index (κ2) is 9.80. The lowest BCUT2D eigenvalue weighted by Crippen LogP contribution is -2.44. The van der Waals surface area contributed by atoms with Gasteiger partial charge in [-0.15, -0.1) is 24.0 Å². The van der Waals surface area contributed by atoms with Gasteiger partial charge < -0.3 is 15.4 Å². The van der Waals surface area contributed by atoms with Crippen molar-refractivity contribution >= 4 is 41.8 Å². The van der Waals surface area contributed by atoms with E-state index in [9.17, 15) is 9.59 Å². The Bertz CT molecular complexity index is 827. The Morgan fingerprint density at radius 2 is 1.80 bits per heavy atom. The Kier molecular flexibility index (Phi) is 7.38. The molecule has 3 aliphatic rings. The molecule has 1 heterocycles. The number of allylic oxidation sites excluding steroid dienone is 2. The maximum absolute atomic E-state index is 12.7. The minimum absolute atomic E-state index is 0. The summed E-state index contributed by atoms with van der Waals surface area (Å²) in [5.41, 5.74) is 1.18. The third-order valence-corrected chi connectivity index (χ3v) is 6.25. The molecule has 1 saturated carbocycles. The third-order valence-electron chi connectivity index (χ3n) is 6.25. The predicted octanol–water partition coefficient (Wildman–Crippen LogP) is 1.83. The van der Waals surface area contributed by atoms with Crippen molar-refractivity contribution in [1.29, 1.82) is 0 Å². The number of carbonyl (C=O) groups is 2. The lowest BCUT2D eigenvalue weighted by Gasteiger charge is -2.18. The van der Waals surface area contributed by atoms with Gasteiger partial charge in [-0.25, -0.2) is 0 Å². The van der Waals surface area contributed by atoms with E-state index in [1.165, 1.54) is 10.5 Å². The number of hydrogen-bond donors (Lipinski definition) is 2. The number of aliphatic imine (C=N–C) groups is 1. The minimum Gasteiger partial charge on any atom is -0.497 e. The highest BCUT2D eigenvalue weighted by atomic mass is 127. The van der Waals surface area contributed by atoms with E-state index in [-0.39, 0.29) is 59.5 Å². The van der Waals surface area contributed by atoms with Crippen molar-refractivity contribution in [3.05, 3.63) is 42.0 Å². The first-order chi connectivity index (χ1) is 14.1. The monoisotopic (exact) mass is 524 g/mol. The van der Waals surface area contributed by atoms with Gasteiger partial charge in [0.1, 0.15) is 5.75 Å². The maximum atomic E-state index is 12.7. The van der Waals surface area contributed by atoms with Crippen molar-refractivity contribution in [1.82, 2.24) is 15.5 Å². The Hall–Kier alpha value is -2.10. The minimum atomic E-state index is -0.127. The highest BCUT2D eigenvalue weighted by molar-refractivity contribution is 14.0. The highest BCUT2D eigenvalue weighted by Gasteiger charge is 2.58. The van der Waals surface area contributed by atoms with Crippen molar-refractivity contribution in [2.45, 2.75) is 12.8 Å². The summed E-state index contributed by atoms with van der Waals surface area (Å²) in [5, 5.41) is 6.47. The van der Waals surface area contributed by atoms with Crippen LogP contribution in [0.1, 0.15) is 12.0 Å². The fourth-order valence-corrected chi connectivity index (χ4v) is 4.84. The van der Waals surface area contributed by atoms with Crippen LogP contribution >= 0.6 is 24.0 Å². The van der Waals surface area contributed by atoms with Gasteiger partial charge in [-0.2, -0.15) is 0 Å². The summed E-state index contributed by atoms with van der Waals surface area (Å²) in [6, 6.07) is 7.97. The molecular formula is C22H29IN4O3. The molecule has 0 aromatic heterocycles. The molecule has 4 atom stereocenters. The van der Waals surface area contributed by atoms with E-state index in [1.54, 1.807) is 14.2 Å². The molecule has 8 heteroatoms. The fraction of sp³-hybridized carbons (Fsp3) is 0.500. The van der Waals surface area contributed by atoms with E-state index >= 15 is 0 Å². The number of halogens is 1. The summed E-state index contributed by atoms with van der Waals surface area (Å²) in [7, 11) is 3.37. The number of carbonyl (C=O) groups excluding carboxylic acids is 2. The zero-order valence-electron chi connectivity index (χ0n) is 17.3. The summed E-state index contributed by atoms with van der Waals surface area (Å²) < 4.78 is 5.25. The number of hydrogen-bond acceptors (Lipinski definition) is 4. The van der Waals surface area contributed by atoms with Gasteiger partial charge in [0.2, 0.25) is 11.8 Å². The van der Waals surface area contributed by atoms with E-state index in [2.05, 4.69) is 33.8 Å². The number of fused-ring (bicyclic) bond motifs is 5. The number of imide groups is 1. The van der Waals surface area contributed by atoms with E-state index < -0.39 is 0 Å². The molecule has 1 aromatic rings. The number of rotatable bonds is 7. The molecule has 4 rings (SSSR count). The van der Waals surface area contributed by atoms with Crippen molar-refractivity contribution < 1.29 is 14.3 Å². The number of nitrogens with zero attached hydrogens (tertiary/aromatic N) is 2. The molecule has 2 amide bonds. The van der Waals surface area contributed by atoms with Crippen molar-refractivity contribution in [2.24, 2.45) is 28.7 Å². The topological polar surface area (TPSA) is 83.0 Å². The SMILES string of the molecule is CN=C(NCCc1cccc(OC)c1)NCCN1C(=O)C2C3C=CC(C3)C2C1=O.I. The lowest BCUT2D eigenvalue weighted by atomic mass is 9.85. The van der Waals surface area contributed by atoms with Gasteiger partial charge in [0.25, 0.3) is 0 Å². The van der Waals surface area contributed by atoms with Crippen molar-refractivity contribution in [3.63, 3.8) is 0 Å². The first kappa shape index (κ1) is 22.6. The van der Waals surface area contributed by atoms with Gasteiger partial charge in [-0.3, -0.25) is 19.5 Å². The molecule has 0 spiro atoms. The number of benzene rings is 1. The Morgan fingerprint density at radius 1 is 1.13 bits per heavy atom. The molecule has 1 aliphatic heterocycles. The molecule has 2 aliphatic carbocycles. The summed E-state index contributed by atoms with van der Waals surface area (Å²) >= 11 is 0. The van der Waals surface area contributed by atoms with E-state index in [1.807, 2.05) is 18.2 Å². The maximum Gasteiger partial charge on any atom is 0.233 e. The van der Waals surface area contributed by atoms with E-state index in [0.717, 1.165) is 18.6 Å². The van der Waals surface area contributed by atoms with E-state index in [4.69, 9.17) is 4.74 Å². The van der Waals surface area contributed by atoms with Crippen LogP contribution < -0.4 is 15.4 Å². The van der Waals surface area contributed by atoms with Crippen LogP contribution in [0.3, 0.4) is 0 Å². The second-order valence-electron chi connectivity index (χ2n) is 7.86. The van der Waals surface area contributed by atoms with Crippen LogP contribution in [0.5, 0.6) is 5.75 Å². The second-order valence-corrected chi connectivity index (χ2v) is 7.86. The summed E-state index contributed by atoms with van der Waals surface area (Å²) in [5.74, 6) is 1.76. The predicted molar refractivity (Wildman–Crippen MR) is 126 cm³/mol. The van der Waals surface area contributed by atoms with Gasteiger partial charge in [0.05, 0.1) is 18.9 Å². The largest absolute Gasteiger partial charge is 0.497 e. The van der Waals surface area contributed by atoms with Crippen LogP contribution in [0, 0.1) is 23.7 Å².